The van der Waals surface area contributed by atoms with E-state index in [0.29, 0.717) is 17.2 Å². The fourth-order valence-electron chi connectivity index (χ4n) is 3.21. The Hall–Kier alpha value is -1.58. The van der Waals surface area contributed by atoms with Gasteiger partial charge in [0.1, 0.15) is 5.78 Å². The monoisotopic (exact) mass is 383 g/mol. The fraction of sp³-hybridized carbons (Fsp3) is 0.375. The van der Waals surface area contributed by atoms with Crippen molar-refractivity contribution in [3.05, 3.63) is 35.6 Å². The van der Waals surface area contributed by atoms with Gasteiger partial charge in [0.05, 0.1) is 16.1 Å². The number of sulfonamides is 1. The summed E-state index contributed by atoms with van der Waals surface area (Å²) in [6.07, 6.45) is 2.27. The van der Waals surface area contributed by atoms with Crippen molar-refractivity contribution in [3.63, 3.8) is 0 Å². The normalized spacial score (nSPS) is 21.7. The summed E-state index contributed by atoms with van der Waals surface area (Å²) in [4.78, 5) is 16.1. The van der Waals surface area contributed by atoms with Crippen LogP contribution in [0, 0.1) is 5.92 Å². The maximum absolute atomic E-state index is 13.1. The molecule has 7 nitrogen and oxygen atoms in total. The Bertz CT molecular complexity index is 913. The van der Waals surface area contributed by atoms with Gasteiger partial charge in [-0.2, -0.15) is 4.31 Å². The number of Topliss-reactive ketones (excluding diaryl/α,β-unsaturated/α-hetero) is 1. The zero-order valence-corrected chi connectivity index (χ0v) is 14.9. The Morgan fingerprint density at radius 2 is 2.16 bits per heavy atom. The van der Waals surface area contributed by atoms with Crippen LogP contribution in [0.3, 0.4) is 0 Å². The molecular formula is C16H18ClN3O4S. The van der Waals surface area contributed by atoms with Crippen LogP contribution in [-0.4, -0.2) is 47.9 Å². The molecule has 1 aliphatic rings. The van der Waals surface area contributed by atoms with Gasteiger partial charge in [-0.25, -0.2) is 8.42 Å². The molecule has 1 aromatic heterocycles. The third-order valence-corrected chi connectivity index (χ3v) is 6.69. The van der Waals surface area contributed by atoms with Crippen molar-refractivity contribution in [1.82, 2.24) is 9.29 Å². The van der Waals surface area contributed by atoms with Gasteiger partial charge in [0.2, 0.25) is 10.0 Å². The molecule has 3 N–H and O–H groups in total. The molecule has 1 fully saturated rings. The van der Waals surface area contributed by atoms with E-state index in [2.05, 4.69) is 4.98 Å². The molecule has 3 rings (SSSR count). The number of rotatable bonds is 5. The molecular weight excluding hydrogens is 366 g/mol. The molecule has 1 saturated heterocycles. The Morgan fingerprint density at radius 1 is 1.40 bits per heavy atom. The van der Waals surface area contributed by atoms with Crippen molar-refractivity contribution >= 4 is 38.2 Å². The van der Waals surface area contributed by atoms with E-state index in [-0.39, 0.29) is 35.3 Å². The number of carbonyl (C=O) groups is 1. The number of nitrogens with two attached hydrogens (primary N) is 1. The third-order valence-electron chi connectivity index (χ3n) is 4.46. The summed E-state index contributed by atoms with van der Waals surface area (Å²) < 4.78 is 27.4. The maximum atomic E-state index is 13.1. The van der Waals surface area contributed by atoms with Crippen LogP contribution in [0.1, 0.15) is 12.8 Å². The predicted octanol–water partition coefficient (Wildman–Crippen LogP) is 1.14. The maximum Gasteiger partial charge on any atom is 0.245 e. The average Bonchev–Trinajstić information content (AvgIpc) is 2.97. The second-order valence-electron chi connectivity index (χ2n) is 5.92. The number of ketones is 1. The fourth-order valence-corrected chi connectivity index (χ4v) is 5.34. The molecule has 0 amide bonds. The first kappa shape index (κ1) is 18.2. The van der Waals surface area contributed by atoms with Gasteiger partial charge in [0.25, 0.3) is 0 Å². The van der Waals surface area contributed by atoms with Gasteiger partial charge in [0, 0.05) is 48.7 Å². The minimum Gasteiger partial charge on any atom is -0.396 e. The third kappa shape index (κ3) is 3.16. The minimum atomic E-state index is -3.94. The molecule has 1 aliphatic heterocycles. The van der Waals surface area contributed by atoms with E-state index in [4.69, 9.17) is 22.4 Å². The van der Waals surface area contributed by atoms with Gasteiger partial charge < -0.3 is 10.8 Å². The summed E-state index contributed by atoms with van der Waals surface area (Å²) in [5, 5.41) is 10.1. The zero-order chi connectivity index (χ0) is 18.2. The predicted molar refractivity (Wildman–Crippen MR) is 93.4 cm³/mol. The number of fused-ring (bicyclic) bond motifs is 1. The van der Waals surface area contributed by atoms with Crippen molar-refractivity contribution < 1.29 is 18.3 Å². The number of pyridine rings is 1. The summed E-state index contributed by atoms with van der Waals surface area (Å²) >= 11 is 6.17. The second-order valence-corrected chi connectivity index (χ2v) is 8.18. The molecule has 2 aromatic rings. The highest BCUT2D eigenvalue weighted by Gasteiger charge is 2.42. The van der Waals surface area contributed by atoms with E-state index < -0.39 is 22.1 Å². The lowest BCUT2D eigenvalue weighted by Gasteiger charge is -2.24. The van der Waals surface area contributed by atoms with Crippen LogP contribution >= 0.6 is 11.6 Å². The zero-order valence-electron chi connectivity index (χ0n) is 13.3. The van der Waals surface area contributed by atoms with Crippen LogP contribution < -0.4 is 5.73 Å². The highest BCUT2D eigenvalue weighted by atomic mass is 35.5. The Morgan fingerprint density at radius 3 is 2.88 bits per heavy atom. The van der Waals surface area contributed by atoms with Crippen LogP contribution in [0.4, 0.5) is 0 Å². The largest absolute Gasteiger partial charge is 0.396 e. The van der Waals surface area contributed by atoms with Crippen molar-refractivity contribution in [2.75, 3.05) is 13.2 Å². The van der Waals surface area contributed by atoms with Gasteiger partial charge in [-0.05, 0) is 12.5 Å². The lowest BCUT2D eigenvalue weighted by Crippen LogP contribution is -2.45. The van der Waals surface area contributed by atoms with E-state index in [0.717, 1.165) is 4.31 Å². The molecule has 2 heterocycles. The van der Waals surface area contributed by atoms with Crippen LogP contribution in [0.25, 0.3) is 10.8 Å². The first-order chi connectivity index (χ1) is 11.9. The lowest BCUT2D eigenvalue weighted by molar-refractivity contribution is -0.123. The molecule has 0 aliphatic carbocycles. The molecule has 25 heavy (non-hydrogen) atoms. The Labute approximate surface area is 150 Å². The first-order valence-corrected chi connectivity index (χ1v) is 9.63. The number of aliphatic hydroxyl groups excluding tert-OH is 1. The number of benzene rings is 1. The van der Waals surface area contributed by atoms with Crippen molar-refractivity contribution in [1.29, 1.82) is 0 Å². The molecule has 2 atom stereocenters. The Balaban J connectivity index is 2.03. The van der Waals surface area contributed by atoms with Gasteiger partial charge >= 0.3 is 0 Å². The smallest absolute Gasteiger partial charge is 0.245 e. The molecule has 134 valence electrons. The summed E-state index contributed by atoms with van der Waals surface area (Å²) in [5.74, 6) is -0.845. The summed E-state index contributed by atoms with van der Waals surface area (Å²) in [7, 11) is -3.94. The first-order valence-electron chi connectivity index (χ1n) is 7.81. The molecule has 0 radical (unpaired) electrons. The van der Waals surface area contributed by atoms with Crippen LogP contribution in [-0.2, 0) is 14.8 Å². The molecule has 9 heteroatoms. The highest BCUT2D eigenvalue weighted by molar-refractivity contribution is 7.89. The van der Waals surface area contributed by atoms with Gasteiger partial charge in [-0.1, -0.05) is 23.7 Å². The molecule has 1 aromatic carbocycles. The lowest BCUT2D eigenvalue weighted by atomic mass is 9.99. The van der Waals surface area contributed by atoms with Gasteiger partial charge in [0.15, 0.2) is 0 Å². The van der Waals surface area contributed by atoms with Crippen molar-refractivity contribution in [2.24, 2.45) is 11.7 Å². The molecule has 0 spiro atoms. The number of hydrogen-bond donors (Lipinski definition) is 2. The number of carbonyl (C=O) groups excluding carboxylic acids is 1. The summed E-state index contributed by atoms with van der Waals surface area (Å²) in [6.45, 7) is -0.134. The Kier molecular flexibility index (Phi) is 5.08. The summed E-state index contributed by atoms with van der Waals surface area (Å²) in [5.41, 5.74) is 6.06. The number of halogens is 1. The molecule has 1 unspecified atom stereocenters. The van der Waals surface area contributed by atoms with Gasteiger partial charge in [-0.15, -0.1) is 0 Å². The van der Waals surface area contributed by atoms with Crippen LogP contribution in [0.2, 0.25) is 5.02 Å². The standard InChI is InChI=1S/C16H18ClN3O4S/c17-12-9-19-8-10-2-1-3-14(15(10)12)25(23,24)20-6-4-11(16(20)18)13(22)5-7-21/h1-3,8-9,11,16,21H,4-7,18H2/t11?,16-/m1/s1. The van der Waals surface area contributed by atoms with Crippen LogP contribution in [0.5, 0.6) is 0 Å². The number of aromatic nitrogens is 1. The highest BCUT2D eigenvalue weighted by Crippen LogP contribution is 2.34. The van der Waals surface area contributed by atoms with E-state index >= 15 is 0 Å². The van der Waals surface area contributed by atoms with Crippen molar-refractivity contribution in [3.8, 4) is 0 Å². The van der Waals surface area contributed by atoms with Gasteiger partial charge in [-0.3, -0.25) is 9.78 Å². The van der Waals surface area contributed by atoms with E-state index in [1.54, 1.807) is 12.1 Å². The van der Waals surface area contributed by atoms with E-state index in [9.17, 15) is 13.2 Å². The number of hydrogen-bond acceptors (Lipinski definition) is 6. The quantitative estimate of drug-likeness (QED) is 0.800. The number of nitrogens with zero attached hydrogens (tertiary/aromatic N) is 2. The number of aliphatic hydroxyl groups is 1. The van der Waals surface area contributed by atoms with Crippen molar-refractivity contribution in [2.45, 2.75) is 23.9 Å². The average molecular weight is 384 g/mol. The second kappa shape index (κ2) is 6.97. The summed E-state index contributed by atoms with van der Waals surface area (Å²) in [6, 6.07) is 4.81. The molecule has 0 saturated carbocycles. The van der Waals surface area contributed by atoms with E-state index in [1.807, 2.05) is 0 Å². The topological polar surface area (TPSA) is 114 Å². The SMILES string of the molecule is N[C@H]1C(C(=O)CCO)CCN1S(=O)(=O)c1cccc2cncc(Cl)c12. The molecule has 0 bridgehead atoms. The van der Waals surface area contributed by atoms with E-state index in [1.165, 1.54) is 18.5 Å². The van der Waals surface area contributed by atoms with Crippen LogP contribution in [0.15, 0.2) is 35.5 Å². The minimum absolute atomic E-state index is 0.0297.